The Balaban J connectivity index is 2.60. The van der Waals surface area contributed by atoms with E-state index < -0.39 is 17.6 Å². The second-order valence-corrected chi connectivity index (χ2v) is 4.94. The maximum absolute atomic E-state index is 11.8. The number of aliphatic carboxylic acids is 1. The largest absolute Gasteiger partial charge is 0.481 e. The molecule has 1 atom stereocenters. The van der Waals surface area contributed by atoms with Gasteiger partial charge in [0.2, 0.25) is 5.91 Å². The molecule has 1 amide bonds. The molecule has 5 heteroatoms. The zero-order chi connectivity index (χ0) is 12.9. The summed E-state index contributed by atoms with van der Waals surface area (Å²) in [4.78, 5) is 22.7. The third kappa shape index (κ3) is 4.00. The van der Waals surface area contributed by atoms with Crippen molar-refractivity contribution >= 4 is 11.9 Å². The average Bonchev–Trinajstić information content (AvgIpc) is 2.65. The molecular weight excluding hydrogens is 220 g/mol. The summed E-state index contributed by atoms with van der Waals surface area (Å²) in [6, 6.07) is -0.522. The molecule has 0 aromatic carbocycles. The topological polar surface area (TPSA) is 92.4 Å². The molecular formula is C12H22N2O3. The maximum atomic E-state index is 11.8. The molecule has 0 aromatic rings. The molecule has 1 aliphatic carbocycles. The summed E-state index contributed by atoms with van der Waals surface area (Å²) in [6.07, 6.45) is 4.90. The van der Waals surface area contributed by atoms with Crippen LogP contribution in [0.3, 0.4) is 0 Å². The van der Waals surface area contributed by atoms with Gasteiger partial charge >= 0.3 is 5.97 Å². The van der Waals surface area contributed by atoms with E-state index in [1.807, 2.05) is 6.92 Å². The van der Waals surface area contributed by atoms with Crippen LogP contribution < -0.4 is 11.1 Å². The third-order valence-electron chi connectivity index (χ3n) is 3.38. The zero-order valence-electron chi connectivity index (χ0n) is 10.4. The van der Waals surface area contributed by atoms with Crippen molar-refractivity contribution in [2.45, 2.75) is 63.5 Å². The smallest absolute Gasteiger partial charge is 0.305 e. The Morgan fingerprint density at radius 2 is 2.00 bits per heavy atom. The normalized spacial score (nSPS) is 19.9. The van der Waals surface area contributed by atoms with Gasteiger partial charge in [0.25, 0.3) is 0 Å². The first-order valence-electron chi connectivity index (χ1n) is 6.28. The van der Waals surface area contributed by atoms with Crippen molar-refractivity contribution in [3.63, 3.8) is 0 Å². The third-order valence-corrected chi connectivity index (χ3v) is 3.38. The SMILES string of the molecule is CCCC(N)C(=O)NC1(CC(=O)O)CCCC1. The van der Waals surface area contributed by atoms with Crippen LogP contribution >= 0.6 is 0 Å². The van der Waals surface area contributed by atoms with Crippen LogP contribution in [0.1, 0.15) is 51.9 Å². The van der Waals surface area contributed by atoms with Gasteiger partial charge in [-0.05, 0) is 19.3 Å². The summed E-state index contributed by atoms with van der Waals surface area (Å²) in [7, 11) is 0. The maximum Gasteiger partial charge on any atom is 0.305 e. The lowest BCUT2D eigenvalue weighted by Gasteiger charge is -2.30. The molecule has 4 N–H and O–H groups in total. The Hall–Kier alpha value is -1.10. The Morgan fingerprint density at radius 3 is 2.47 bits per heavy atom. The highest BCUT2D eigenvalue weighted by atomic mass is 16.4. The predicted molar refractivity (Wildman–Crippen MR) is 64.5 cm³/mol. The molecule has 1 aliphatic rings. The first-order valence-corrected chi connectivity index (χ1v) is 6.28. The van der Waals surface area contributed by atoms with Gasteiger partial charge in [0, 0.05) is 0 Å². The highest BCUT2D eigenvalue weighted by Gasteiger charge is 2.38. The summed E-state index contributed by atoms with van der Waals surface area (Å²) in [6.45, 7) is 1.97. The first kappa shape index (κ1) is 14.0. The van der Waals surface area contributed by atoms with Crippen molar-refractivity contribution in [1.29, 1.82) is 0 Å². The van der Waals surface area contributed by atoms with E-state index in [2.05, 4.69) is 5.32 Å². The van der Waals surface area contributed by atoms with Gasteiger partial charge in [-0.3, -0.25) is 9.59 Å². The lowest BCUT2D eigenvalue weighted by molar-refractivity contribution is -0.139. The molecule has 0 heterocycles. The first-order chi connectivity index (χ1) is 7.99. The lowest BCUT2D eigenvalue weighted by Crippen LogP contribution is -2.53. The van der Waals surface area contributed by atoms with Crippen LogP contribution in [0.4, 0.5) is 0 Å². The molecule has 0 spiro atoms. The van der Waals surface area contributed by atoms with Crippen molar-refractivity contribution < 1.29 is 14.7 Å². The fourth-order valence-electron chi connectivity index (χ4n) is 2.48. The molecule has 0 aromatic heterocycles. The van der Waals surface area contributed by atoms with Crippen LogP contribution in [0.2, 0.25) is 0 Å². The summed E-state index contributed by atoms with van der Waals surface area (Å²) >= 11 is 0. The number of carboxylic acids is 1. The molecule has 17 heavy (non-hydrogen) atoms. The second kappa shape index (κ2) is 6.00. The molecule has 98 valence electrons. The fourth-order valence-corrected chi connectivity index (χ4v) is 2.48. The van der Waals surface area contributed by atoms with Crippen molar-refractivity contribution in [1.82, 2.24) is 5.32 Å². The molecule has 0 radical (unpaired) electrons. The Labute approximate surface area is 102 Å². The number of hydrogen-bond donors (Lipinski definition) is 3. The van der Waals surface area contributed by atoms with Crippen LogP contribution in [0.25, 0.3) is 0 Å². The predicted octanol–water partition coefficient (Wildman–Crippen LogP) is 1.02. The summed E-state index contributed by atoms with van der Waals surface area (Å²) in [5.41, 5.74) is 5.17. The number of nitrogens with two attached hydrogens (primary N) is 1. The number of amides is 1. The zero-order valence-corrected chi connectivity index (χ0v) is 10.4. The van der Waals surface area contributed by atoms with E-state index in [1.165, 1.54) is 0 Å². The fraction of sp³-hybridized carbons (Fsp3) is 0.833. The van der Waals surface area contributed by atoms with Crippen LogP contribution in [-0.2, 0) is 9.59 Å². The number of carboxylic acid groups (broad SMARTS) is 1. The van der Waals surface area contributed by atoms with E-state index in [4.69, 9.17) is 10.8 Å². The highest BCUT2D eigenvalue weighted by molar-refractivity contribution is 5.83. The summed E-state index contributed by atoms with van der Waals surface area (Å²) < 4.78 is 0. The van der Waals surface area contributed by atoms with E-state index in [9.17, 15) is 9.59 Å². The minimum absolute atomic E-state index is 0.00240. The molecule has 1 fully saturated rings. The Kier molecular flexibility index (Phi) is 4.93. The lowest BCUT2D eigenvalue weighted by atomic mass is 9.92. The van der Waals surface area contributed by atoms with Gasteiger partial charge in [0.05, 0.1) is 18.0 Å². The van der Waals surface area contributed by atoms with Crippen molar-refractivity contribution in [3.8, 4) is 0 Å². The molecule has 0 aliphatic heterocycles. The van der Waals surface area contributed by atoms with Crippen molar-refractivity contribution in [3.05, 3.63) is 0 Å². The number of hydrogen-bond acceptors (Lipinski definition) is 3. The van der Waals surface area contributed by atoms with E-state index in [0.29, 0.717) is 6.42 Å². The number of carbonyl (C=O) groups excluding carboxylic acids is 1. The van der Waals surface area contributed by atoms with Gasteiger partial charge in [-0.15, -0.1) is 0 Å². The van der Waals surface area contributed by atoms with Gasteiger partial charge in [-0.1, -0.05) is 26.2 Å². The Morgan fingerprint density at radius 1 is 1.41 bits per heavy atom. The monoisotopic (exact) mass is 242 g/mol. The molecule has 1 unspecified atom stereocenters. The van der Waals surface area contributed by atoms with E-state index >= 15 is 0 Å². The van der Waals surface area contributed by atoms with Crippen LogP contribution in [0.15, 0.2) is 0 Å². The van der Waals surface area contributed by atoms with Crippen LogP contribution in [0, 0.1) is 0 Å². The number of nitrogens with one attached hydrogen (secondary N) is 1. The van der Waals surface area contributed by atoms with Crippen LogP contribution in [0.5, 0.6) is 0 Å². The minimum atomic E-state index is -0.865. The van der Waals surface area contributed by atoms with Gasteiger partial charge in [-0.25, -0.2) is 0 Å². The van der Waals surface area contributed by atoms with Crippen LogP contribution in [-0.4, -0.2) is 28.6 Å². The second-order valence-electron chi connectivity index (χ2n) is 4.94. The standard InChI is InChI=1S/C12H22N2O3/c1-2-5-9(13)11(17)14-12(8-10(15)16)6-3-4-7-12/h9H,2-8,13H2,1H3,(H,14,17)(H,15,16). The average molecular weight is 242 g/mol. The molecule has 0 bridgehead atoms. The summed E-state index contributed by atoms with van der Waals surface area (Å²) in [5.74, 6) is -1.08. The quantitative estimate of drug-likeness (QED) is 0.648. The molecule has 0 saturated heterocycles. The van der Waals surface area contributed by atoms with E-state index in [-0.39, 0.29) is 12.3 Å². The van der Waals surface area contributed by atoms with Crippen molar-refractivity contribution in [2.24, 2.45) is 5.73 Å². The molecule has 1 rings (SSSR count). The number of rotatable bonds is 6. The van der Waals surface area contributed by atoms with Gasteiger partial charge in [0.1, 0.15) is 0 Å². The van der Waals surface area contributed by atoms with Crippen molar-refractivity contribution in [2.75, 3.05) is 0 Å². The molecule has 1 saturated carbocycles. The van der Waals surface area contributed by atoms with Gasteiger partial charge in [0.15, 0.2) is 0 Å². The minimum Gasteiger partial charge on any atom is -0.481 e. The van der Waals surface area contributed by atoms with Gasteiger partial charge in [-0.2, -0.15) is 0 Å². The number of carbonyl (C=O) groups is 2. The summed E-state index contributed by atoms with van der Waals surface area (Å²) in [5, 5.41) is 11.8. The molecule has 5 nitrogen and oxygen atoms in total. The van der Waals surface area contributed by atoms with E-state index in [1.54, 1.807) is 0 Å². The highest BCUT2D eigenvalue weighted by Crippen LogP contribution is 2.32. The van der Waals surface area contributed by atoms with Gasteiger partial charge < -0.3 is 16.2 Å². The Bertz CT molecular complexity index is 285. The van der Waals surface area contributed by atoms with E-state index in [0.717, 1.165) is 32.1 Å².